The lowest BCUT2D eigenvalue weighted by Crippen LogP contribution is -2.33. The molecule has 0 radical (unpaired) electrons. The maximum atomic E-state index is 13.1. The van der Waals surface area contributed by atoms with E-state index in [0.717, 1.165) is 17.1 Å². The zero-order chi connectivity index (χ0) is 17.1. The zero-order valence-electron chi connectivity index (χ0n) is 14.1. The van der Waals surface area contributed by atoms with E-state index in [9.17, 15) is 4.79 Å². The van der Waals surface area contributed by atoms with Gasteiger partial charge in [-0.15, -0.1) is 0 Å². The van der Waals surface area contributed by atoms with Gasteiger partial charge >= 0.3 is 0 Å². The van der Waals surface area contributed by atoms with Crippen LogP contribution in [0.4, 0.5) is 5.69 Å². The van der Waals surface area contributed by atoms with Crippen LogP contribution in [0.25, 0.3) is 0 Å². The lowest BCUT2D eigenvalue weighted by Gasteiger charge is -2.23. The van der Waals surface area contributed by atoms with Crippen LogP contribution in [0.3, 0.4) is 0 Å². The topological polar surface area (TPSA) is 38.1 Å². The van der Waals surface area contributed by atoms with Gasteiger partial charge in [-0.2, -0.15) is 0 Å². The van der Waals surface area contributed by atoms with Crippen LogP contribution in [0.5, 0.6) is 0 Å². The standard InChI is InChI=1S/C21H21N3O/c25-20(16-23-14-13-22-21(23)18-11-12-18)24(19-9-5-2-6-10-19)15-17-7-3-1-4-8-17/h1-10,13-14,18H,11-12,15-16H2. The predicted molar refractivity (Wildman–Crippen MR) is 98.3 cm³/mol. The molecule has 0 spiro atoms. The monoisotopic (exact) mass is 331 g/mol. The summed E-state index contributed by atoms with van der Waals surface area (Å²) in [6.07, 6.45) is 6.07. The Morgan fingerprint density at radius 3 is 2.40 bits per heavy atom. The minimum Gasteiger partial charge on any atom is -0.325 e. The largest absolute Gasteiger partial charge is 0.325 e. The molecular weight excluding hydrogens is 310 g/mol. The van der Waals surface area contributed by atoms with Gasteiger partial charge in [-0.25, -0.2) is 4.98 Å². The smallest absolute Gasteiger partial charge is 0.247 e. The first-order chi connectivity index (χ1) is 12.3. The molecule has 0 saturated heterocycles. The van der Waals surface area contributed by atoms with Crippen molar-refractivity contribution in [1.29, 1.82) is 0 Å². The second-order valence-corrected chi connectivity index (χ2v) is 6.49. The van der Waals surface area contributed by atoms with E-state index in [4.69, 9.17) is 0 Å². The molecule has 4 nitrogen and oxygen atoms in total. The van der Waals surface area contributed by atoms with Crippen molar-refractivity contribution < 1.29 is 4.79 Å². The minimum atomic E-state index is 0.0787. The first-order valence-corrected chi connectivity index (χ1v) is 8.71. The van der Waals surface area contributed by atoms with E-state index in [1.54, 1.807) is 6.20 Å². The van der Waals surface area contributed by atoms with Crippen LogP contribution in [-0.4, -0.2) is 15.5 Å². The summed E-state index contributed by atoms with van der Waals surface area (Å²) < 4.78 is 2.00. The van der Waals surface area contributed by atoms with Crippen molar-refractivity contribution in [3.05, 3.63) is 84.4 Å². The van der Waals surface area contributed by atoms with Gasteiger partial charge in [0, 0.05) is 24.0 Å². The third-order valence-electron chi connectivity index (χ3n) is 4.55. The predicted octanol–water partition coefficient (Wildman–Crippen LogP) is 3.99. The molecule has 1 saturated carbocycles. The van der Waals surface area contributed by atoms with E-state index < -0.39 is 0 Å². The van der Waals surface area contributed by atoms with Gasteiger partial charge in [-0.05, 0) is 30.5 Å². The number of amides is 1. The van der Waals surface area contributed by atoms with Gasteiger partial charge in [0.05, 0.1) is 6.54 Å². The molecule has 0 atom stereocenters. The summed E-state index contributed by atoms with van der Waals surface area (Å²) in [6, 6.07) is 20.0. The summed E-state index contributed by atoms with van der Waals surface area (Å²) in [5.74, 6) is 1.65. The Morgan fingerprint density at radius 2 is 1.72 bits per heavy atom. The fourth-order valence-corrected chi connectivity index (χ4v) is 3.08. The van der Waals surface area contributed by atoms with Crippen LogP contribution in [-0.2, 0) is 17.9 Å². The number of rotatable bonds is 6. The Balaban J connectivity index is 1.58. The number of para-hydroxylation sites is 1. The van der Waals surface area contributed by atoms with E-state index in [0.29, 0.717) is 19.0 Å². The highest BCUT2D eigenvalue weighted by molar-refractivity contribution is 5.93. The van der Waals surface area contributed by atoms with Crippen molar-refractivity contribution in [2.75, 3.05) is 4.90 Å². The highest BCUT2D eigenvalue weighted by Crippen LogP contribution is 2.39. The maximum Gasteiger partial charge on any atom is 0.247 e. The van der Waals surface area contributed by atoms with Gasteiger partial charge < -0.3 is 9.47 Å². The fourth-order valence-electron chi connectivity index (χ4n) is 3.08. The Kier molecular flexibility index (Phi) is 4.34. The number of nitrogens with zero attached hydrogens (tertiary/aromatic N) is 3. The molecule has 0 bridgehead atoms. The molecule has 1 heterocycles. The Labute approximate surface area is 147 Å². The van der Waals surface area contributed by atoms with Crippen LogP contribution >= 0.6 is 0 Å². The van der Waals surface area contributed by atoms with Gasteiger partial charge in [-0.3, -0.25) is 4.79 Å². The van der Waals surface area contributed by atoms with Crippen LogP contribution < -0.4 is 4.90 Å². The second kappa shape index (κ2) is 6.93. The van der Waals surface area contributed by atoms with E-state index in [1.165, 1.54) is 12.8 Å². The van der Waals surface area contributed by atoms with E-state index in [2.05, 4.69) is 17.1 Å². The number of aromatic nitrogens is 2. The van der Waals surface area contributed by atoms with Gasteiger partial charge in [0.1, 0.15) is 12.4 Å². The summed E-state index contributed by atoms with van der Waals surface area (Å²) in [7, 11) is 0. The molecule has 4 rings (SSSR count). The normalized spacial score (nSPS) is 13.6. The molecule has 4 heteroatoms. The molecule has 126 valence electrons. The number of hydrogen-bond donors (Lipinski definition) is 0. The lowest BCUT2D eigenvalue weighted by atomic mass is 10.2. The summed E-state index contributed by atoms with van der Waals surface area (Å²) in [6.45, 7) is 0.894. The number of carbonyl (C=O) groups excluding carboxylic acids is 1. The number of carbonyl (C=O) groups is 1. The average molecular weight is 331 g/mol. The average Bonchev–Trinajstić information content (AvgIpc) is 3.40. The first kappa shape index (κ1) is 15.6. The number of imidazole rings is 1. The van der Waals surface area contributed by atoms with Gasteiger partial charge in [0.25, 0.3) is 0 Å². The molecular formula is C21H21N3O. The molecule has 0 unspecified atom stereocenters. The molecule has 1 amide bonds. The molecule has 2 aromatic carbocycles. The highest BCUT2D eigenvalue weighted by atomic mass is 16.2. The molecule has 1 aliphatic carbocycles. The van der Waals surface area contributed by atoms with E-state index >= 15 is 0 Å². The fraction of sp³-hybridized carbons (Fsp3) is 0.238. The van der Waals surface area contributed by atoms with Crippen LogP contribution in [0.2, 0.25) is 0 Å². The molecule has 0 N–H and O–H groups in total. The van der Waals surface area contributed by atoms with Crippen molar-refractivity contribution in [3.8, 4) is 0 Å². The Bertz CT molecular complexity index is 838. The minimum absolute atomic E-state index is 0.0787. The highest BCUT2D eigenvalue weighted by Gasteiger charge is 2.29. The number of benzene rings is 2. The van der Waals surface area contributed by atoms with Crippen molar-refractivity contribution in [1.82, 2.24) is 9.55 Å². The first-order valence-electron chi connectivity index (χ1n) is 8.71. The Morgan fingerprint density at radius 1 is 1.04 bits per heavy atom. The third kappa shape index (κ3) is 3.63. The number of anilines is 1. The van der Waals surface area contributed by atoms with Crippen molar-refractivity contribution in [2.24, 2.45) is 0 Å². The van der Waals surface area contributed by atoms with Gasteiger partial charge in [-0.1, -0.05) is 48.5 Å². The summed E-state index contributed by atoms with van der Waals surface area (Å²) >= 11 is 0. The maximum absolute atomic E-state index is 13.1. The van der Waals surface area contributed by atoms with Crippen molar-refractivity contribution >= 4 is 11.6 Å². The second-order valence-electron chi connectivity index (χ2n) is 6.49. The third-order valence-corrected chi connectivity index (χ3v) is 4.55. The zero-order valence-corrected chi connectivity index (χ0v) is 14.1. The quantitative estimate of drug-likeness (QED) is 0.685. The van der Waals surface area contributed by atoms with E-state index in [-0.39, 0.29) is 5.91 Å². The molecule has 0 aliphatic heterocycles. The van der Waals surface area contributed by atoms with Crippen LogP contribution in [0.1, 0.15) is 30.1 Å². The molecule has 1 aliphatic rings. The van der Waals surface area contributed by atoms with Gasteiger partial charge in [0.2, 0.25) is 5.91 Å². The molecule has 25 heavy (non-hydrogen) atoms. The van der Waals surface area contributed by atoms with Crippen molar-refractivity contribution in [2.45, 2.75) is 31.8 Å². The summed E-state index contributed by atoms with van der Waals surface area (Å²) in [5, 5.41) is 0. The van der Waals surface area contributed by atoms with Gasteiger partial charge in [0.15, 0.2) is 0 Å². The molecule has 3 aromatic rings. The number of hydrogen-bond acceptors (Lipinski definition) is 2. The SMILES string of the molecule is O=C(Cn1ccnc1C1CC1)N(Cc1ccccc1)c1ccccc1. The van der Waals surface area contributed by atoms with Crippen LogP contribution in [0, 0.1) is 0 Å². The lowest BCUT2D eigenvalue weighted by molar-refractivity contribution is -0.119. The summed E-state index contributed by atoms with van der Waals surface area (Å²) in [4.78, 5) is 19.4. The van der Waals surface area contributed by atoms with Crippen molar-refractivity contribution in [3.63, 3.8) is 0 Å². The molecule has 1 aromatic heterocycles. The van der Waals surface area contributed by atoms with E-state index in [1.807, 2.05) is 64.2 Å². The molecule has 1 fully saturated rings. The summed E-state index contributed by atoms with van der Waals surface area (Å²) in [5.41, 5.74) is 2.04. The Hall–Kier alpha value is -2.88. The van der Waals surface area contributed by atoms with Crippen LogP contribution in [0.15, 0.2) is 73.1 Å².